The van der Waals surface area contributed by atoms with E-state index in [4.69, 9.17) is 5.73 Å². The molecular formula is C24H21N5O5S. The van der Waals surface area contributed by atoms with Crippen molar-refractivity contribution in [1.29, 1.82) is 0 Å². The Balaban J connectivity index is 1.65. The molecule has 0 radical (unpaired) electrons. The molecule has 1 atom stereocenters. The van der Waals surface area contributed by atoms with Crippen molar-refractivity contribution < 1.29 is 18.0 Å². The van der Waals surface area contributed by atoms with Crippen LogP contribution in [0.3, 0.4) is 0 Å². The zero-order valence-corrected chi connectivity index (χ0v) is 19.4. The summed E-state index contributed by atoms with van der Waals surface area (Å²) in [6.45, 7) is 1.97. The second kappa shape index (κ2) is 8.20. The Morgan fingerprint density at radius 1 is 1.20 bits per heavy atom. The Bertz CT molecular complexity index is 1730. The average molecular weight is 492 g/mol. The van der Waals surface area contributed by atoms with E-state index in [1.807, 2.05) is 6.92 Å². The number of nitrogens with two attached hydrogens (primary N) is 1. The lowest BCUT2D eigenvalue weighted by molar-refractivity contribution is 0.0999. The summed E-state index contributed by atoms with van der Waals surface area (Å²) in [6, 6.07) is 10.4. The molecule has 10 nitrogen and oxygen atoms in total. The maximum absolute atomic E-state index is 13.6. The topological polar surface area (TPSA) is 157 Å². The first kappa shape index (κ1) is 22.5. The molecule has 1 aliphatic heterocycles. The standard InChI is InChI=1S/C24H21N5O5S/c1-2-19-17-11-14(6-7-20(17)28-27-19)26-23(31)18-10-13-4-3-5-16(22(25)30)21(13)29(24(18)32)15-8-9-35(33,34)12-15/h3-11,15H,2,12H2,1H3,(H2,25,30)(H,26,31)(H,27,28). The van der Waals surface area contributed by atoms with Crippen LogP contribution in [0.15, 0.2) is 58.7 Å². The molecule has 1 unspecified atom stereocenters. The molecule has 35 heavy (non-hydrogen) atoms. The number of nitrogens with zero attached hydrogens (tertiary/aromatic N) is 2. The zero-order valence-electron chi connectivity index (χ0n) is 18.6. The van der Waals surface area contributed by atoms with Crippen LogP contribution in [-0.4, -0.2) is 40.7 Å². The number of rotatable bonds is 5. The molecule has 4 N–H and O–H groups in total. The van der Waals surface area contributed by atoms with Gasteiger partial charge in [-0.25, -0.2) is 8.42 Å². The van der Waals surface area contributed by atoms with Crippen molar-refractivity contribution in [3.05, 3.63) is 81.1 Å². The Hall–Kier alpha value is -4.25. The molecule has 4 aromatic rings. The summed E-state index contributed by atoms with van der Waals surface area (Å²) >= 11 is 0. The van der Waals surface area contributed by atoms with Crippen LogP contribution in [-0.2, 0) is 16.3 Å². The summed E-state index contributed by atoms with van der Waals surface area (Å²) in [6.07, 6.45) is 2.07. The molecule has 0 fully saturated rings. The first-order valence-corrected chi connectivity index (χ1v) is 12.6. The first-order chi connectivity index (χ1) is 16.7. The van der Waals surface area contributed by atoms with Crippen molar-refractivity contribution in [3.63, 3.8) is 0 Å². The zero-order chi connectivity index (χ0) is 24.9. The summed E-state index contributed by atoms with van der Waals surface area (Å²) < 4.78 is 25.4. The number of para-hydroxylation sites is 1. The number of hydrogen-bond acceptors (Lipinski definition) is 6. The molecule has 5 rings (SSSR count). The van der Waals surface area contributed by atoms with Crippen LogP contribution in [0.2, 0.25) is 0 Å². The predicted molar refractivity (Wildman–Crippen MR) is 132 cm³/mol. The van der Waals surface area contributed by atoms with Gasteiger partial charge >= 0.3 is 0 Å². The van der Waals surface area contributed by atoms with E-state index in [9.17, 15) is 22.8 Å². The van der Waals surface area contributed by atoms with E-state index < -0.39 is 33.3 Å². The van der Waals surface area contributed by atoms with Gasteiger partial charge in [-0.05, 0) is 42.8 Å². The van der Waals surface area contributed by atoms with Gasteiger partial charge in [-0.15, -0.1) is 0 Å². The minimum absolute atomic E-state index is 0.0572. The first-order valence-electron chi connectivity index (χ1n) is 10.9. The third-order valence-corrected chi connectivity index (χ3v) is 7.42. The number of nitrogens with one attached hydrogen (secondary N) is 2. The van der Waals surface area contributed by atoms with E-state index in [-0.39, 0.29) is 22.4 Å². The van der Waals surface area contributed by atoms with Crippen molar-refractivity contribution in [2.45, 2.75) is 19.4 Å². The maximum Gasteiger partial charge on any atom is 0.264 e. The summed E-state index contributed by atoms with van der Waals surface area (Å²) in [4.78, 5) is 38.9. The number of fused-ring (bicyclic) bond motifs is 2. The van der Waals surface area contributed by atoms with Gasteiger partial charge in [0.2, 0.25) is 0 Å². The molecule has 2 amide bonds. The van der Waals surface area contributed by atoms with E-state index >= 15 is 0 Å². The monoisotopic (exact) mass is 491 g/mol. The smallest absolute Gasteiger partial charge is 0.264 e. The van der Waals surface area contributed by atoms with Gasteiger partial charge in [0, 0.05) is 21.9 Å². The van der Waals surface area contributed by atoms with E-state index in [1.54, 1.807) is 30.3 Å². The summed E-state index contributed by atoms with van der Waals surface area (Å²) in [7, 11) is -3.53. The van der Waals surface area contributed by atoms with Crippen LogP contribution in [0.5, 0.6) is 0 Å². The van der Waals surface area contributed by atoms with E-state index in [1.165, 1.54) is 22.8 Å². The lowest BCUT2D eigenvalue weighted by Gasteiger charge is -2.19. The maximum atomic E-state index is 13.6. The minimum Gasteiger partial charge on any atom is -0.366 e. The van der Waals surface area contributed by atoms with Crippen LogP contribution in [0.4, 0.5) is 5.69 Å². The number of carbonyl (C=O) groups excluding carboxylic acids is 2. The van der Waals surface area contributed by atoms with Crippen LogP contribution >= 0.6 is 0 Å². The number of benzene rings is 2. The summed E-state index contributed by atoms with van der Waals surface area (Å²) in [5.74, 6) is -1.80. The number of hydrogen-bond donors (Lipinski definition) is 3. The molecular weight excluding hydrogens is 470 g/mol. The summed E-state index contributed by atoms with van der Waals surface area (Å²) in [5, 5.41) is 12.2. The molecule has 11 heteroatoms. The number of aromatic amines is 1. The molecule has 178 valence electrons. The van der Waals surface area contributed by atoms with Gasteiger partial charge in [-0.3, -0.25) is 24.0 Å². The molecule has 0 bridgehead atoms. The van der Waals surface area contributed by atoms with E-state index in [0.717, 1.165) is 22.0 Å². The number of carbonyl (C=O) groups is 2. The molecule has 0 saturated heterocycles. The highest BCUT2D eigenvalue weighted by atomic mass is 32.2. The van der Waals surface area contributed by atoms with Gasteiger partial charge in [0.1, 0.15) is 5.56 Å². The van der Waals surface area contributed by atoms with E-state index in [0.29, 0.717) is 17.5 Å². The number of allylic oxidation sites excluding steroid dienone is 1. The van der Waals surface area contributed by atoms with E-state index in [2.05, 4.69) is 15.5 Å². The number of primary amides is 1. The summed E-state index contributed by atoms with van der Waals surface area (Å²) in [5.41, 5.74) is 6.99. The second-order valence-electron chi connectivity index (χ2n) is 8.30. The number of amides is 2. The normalized spacial score (nSPS) is 16.7. The van der Waals surface area contributed by atoms with Gasteiger partial charge in [-0.1, -0.05) is 19.1 Å². The largest absolute Gasteiger partial charge is 0.366 e. The van der Waals surface area contributed by atoms with Gasteiger partial charge < -0.3 is 11.1 Å². The van der Waals surface area contributed by atoms with Gasteiger partial charge in [0.25, 0.3) is 17.4 Å². The van der Waals surface area contributed by atoms with Crippen molar-refractivity contribution in [2.75, 3.05) is 11.1 Å². The molecule has 2 aromatic carbocycles. The van der Waals surface area contributed by atoms with Crippen LogP contribution in [0.1, 0.15) is 39.4 Å². The molecule has 0 saturated carbocycles. The highest BCUT2D eigenvalue weighted by Gasteiger charge is 2.28. The quantitative estimate of drug-likeness (QED) is 0.389. The fourth-order valence-corrected chi connectivity index (χ4v) is 5.68. The Kier molecular flexibility index (Phi) is 5.28. The molecule has 2 aromatic heterocycles. The minimum atomic E-state index is -3.53. The predicted octanol–water partition coefficient (Wildman–Crippen LogP) is 2.27. The van der Waals surface area contributed by atoms with Gasteiger partial charge in [0.05, 0.1) is 34.1 Å². The van der Waals surface area contributed by atoms with Gasteiger partial charge in [-0.2, -0.15) is 5.10 Å². The van der Waals surface area contributed by atoms with Crippen molar-refractivity contribution >= 4 is 49.1 Å². The lowest BCUT2D eigenvalue weighted by Crippen LogP contribution is -2.33. The highest BCUT2D eigenvalue weighted by molar-refractivity contribution is 7.94. The number of H-pyrrole nitrogens is 1. The third kappa shape index (κ3) is 3.89. The van der Waals surface area contributed by atoms with Crippen LogP contribution in [0.25, 0.3) is 21.8 Å². The SMILES string of the molecule is CCc1n[nH]c2ccc(NC(=O)c3cc4cccc(C(N)=O)c4n(C4C=CS(=O)(=O)C4)c3=O)cc12. The van der Waals surface area contributed by atoms with Crippen molar-refractivity contribution in [3.8, 4) is 0 Å². The number of anilines is 1. The Morgan fingerprint density at radius 2 is 2.00 bits per heavy atom. The van der Waals surface area contributed by atoms with Crippen molar-refractivity contribution in [1.82, 2.24) is 14.8 Å². The third-order valence-electron chi connectivity index (χ3n) is 6.04. The number of sulfone groups is 1. The fraction of sp³-hybridized carbons (Fsp3) is 0.167. The molecule has 0 aliphatic carbocycles. The highest BCUT2D eigenvalue weighted by Crippen LogP contribution is 2.27. The average Bonchev–Trinajstić information content (AvgIpc) is 3.39. The Morgan fingerprint density at radius 3 is 2.69 bits per heavy atom. The fourth-order valence-electron chi connectivity index (χ4n) is 4.41. The van der Waals surface area contributed by atoms with Crippen molar-refractivity contribution in [2.24, 2.45) is 5.73 Å². The van der Waals surface area contributed by atoms with Gasteiger partial charge in [0.15, 0.2) is 9.84 Å². The number of pyridine rings is 1. The number of aromatic nitrogens is 3. The molecule has 1 aliphatic rings. The second-order valence-corrected chi connectivity index (χ2v) is 10.2. The Labute approximate surface area is 199 Å². The van der Waals surface area contributed by atoms with Crippen LogP contribution in [0, 0.1) is 0 Å². The number of aryl methyl sites for hydroxylation is 1. The molecule has 3 heterocycles. The lowest BCUT2D eigenvalue weighted by atomic mass is 10.0. The molecule has 0 spiro atoms. The van der Waals surface area contributed by atoms with Crippen LogP contribution < -0.4 is 16.6 Å².